The van der Waals surface area contributed by atoms with Gasteiger partial charge in [0.25, 0.3) is 11.8 Å². The molecule has 0 unspecified atom stereocenters. The second-order valence-corrected chi connectivity index (χ2v) is 15.4. The van der Waals surface area contributed by atoms with E-state index >= 15 is 0 Å². The fourth-order valence-electron chi connectivity index (χ4n) is 7.74. The number of thiophene rings is 1. The predicted octanol–water partition coefficient (Wildman–Crippen LogP) is 9.07. The zero-order chi connectivity index (χ0) is 34.8. The summed E-state index contributed by atoms with van der Waals surface area (Å²) in [5.41, 5.74) is 7.87. The average molecular weight is 667 g/mol. The maximum atomic E-state index is 13.9. The number of fused-ring (bicyclic) bond motifs is 5. The summed E-state index contributed by atoms with van der Waals surface area (Å²) in [5.74, 6) is -0.0214. The van der Waals surface area contributed by atoms with Crippen molar-refractivity contribution in [2.24, 2.45) is 0 Å². The minimum Gasteiger partial charge on any atom is -0.310 e. The van der Waals surface area contributed by atoms with Crippen LogP contribution in [0.1, 0.15) is 88.8 Å². The monoisotopic (exact) mass is 666 g/mol. The molecule has 0 saturated heterocycles. The van der Waals surface area contributed by atoms with E-state index in [0.29, 0.717) is 5.57 Å². The number of likely N-dealkylation sites (N-methyl/N-ethyl adjacent to an activating group) is 2. The van der Waals surface area contributed by atoms with Gasteiger partial charge in [-0.25, -0.2) is 0 Å². The van der Waals surface area contributed by atoms with Gasteiger partial charge in [-0.05, 0) is 65.5 Å². The number of rotatable bonds is 9. The van der Waals surface area contributed by atoms with Gasteiger partial charge in [0.05, 0.1) is 22.5 Å². The normalized spacial score (nSPS) is 14.8. The second kappa shape index (κ2) is 12.1. The quantitative estimate of drug-likeness (QED) is 0.158. The van der Waals surface area contributed by atoms with Gasteiger partial charge in [-0.3, -0.25) is 9.59 Å². The molecule has 0 saturated carbocycles. The van der Waals surface area contributed by atoms with Crippen LogP contribution < -0.4 is 20.2 Å². The number of amides is 2. The van der Waals surface area contributed by atoms with Crippen LogP contribution in [-0.2, 0) is 20.4 Å². The summed E-state index contributed by atoms with van der Waals surface area (Å²) in [4.78, 5) is 33.9. The fourth-order valence-corrected chi connectivity index (χ4v) is 9.04. The van der Waals surface area contributed by atoms with E-state index in [1.165, 1.54) is 20.9 Å². The first kappa shape index (κ1) is 33.0. The Hall–Kier alpha value is -4.48. The van der Waals surface area contributed by atoms with E-state index < -0.39 is 0 Å². The van der Waals surface area contributed by atoms with E-state index in [9.17, 15) is 9.59 Å². The number of nitrogens with zero attached hydrogens (tertiary/aromatic N) is 2. The lowest BCUT2D eigenvalue weighted by molar-refractivity contribution is -0.113. The molecule has 0 N–H and O–H groups in total. The molecule has 49 heavy (non-hydrogen) atoms. The van der Waals surface area contributed by atoms with Crippen LogP contribution in [0.25, 0.3) is 32.4 Å². The van der Waals surface area contributed by atoms with E-state index in [1.807, 2.05) is 25.4 Å². The van der Waals surface area contributed by atoms with Crippen LogP contribution in [0.5, 0.6) is 0 Å². The number of anilines is 2. The molecular formula is C44H46N2O2S. The highest BCUT2D eigenvalue weighted by Gasteiger charge is 2.33. The van der Waals surface area contributed by atoms with Crippen molar-refractivity contribution in [3.8, 4) is 10.4 Å². The summed E-state index contributed by atoms with van der Waals surface area (Å²) >= 11 is 1.87. The van der Waals surface area contributed by atoms with Crippen molar-refractivity contribution in [3.05, 3.63) is 117 Å². The molecule has 7 rings (SSSR count). The summed E-state index contributed by atoms with van der Waals surface area (Å²) in [6.45, 7) is 13.6. The summed E-state index contributed by atoms with van der Waals surface area (Å²) in [5, 5.41) is 3.80. The summed E-state index contributed by atoms with van der Waals surface area (Å²) in [6, 6.07) is 29.8. The molecule has 2 aliphatic heterocycles. The van der Waals surface area contributed by atoms with E-state index in [0.717, 1.165) is 75.0 Å². The highest BCUT2D eigenvalue weighted by Crippen LogP contribution is 2.41. The Morgan fingerprint density at radius 1 is 0.531 bits per heavy atom. The smallest absolute Gasteiger partial charge is 0.259 e. The molecule has 0 radical (unpaired) electrons. The van der Waals surface area contributed by atoms with Gasteiger partial charge in [0.15, 0.2) is 0 Å². The number of carbonyl (C=O) groups excluding carboxylic acids is 2. The van der Waals surface area contributed by atoms with Gasteiger partial charge in [-0.2, -0.15) is 0 Å². The van der Waals surface area contributed by atoms with Gasteiger partial charge in [0, 0.05) is 50.5 Å². The number of hydrogen-bond acceptors (Lipinski definition) is 3. The molecule has 0 bridgehead atoms. The van der Waals surface area contributed by atoms with Crippen LogP contribution in [0.4, 0.5) is 11.4 Å². The van der Waals surface area contributed by atoms with Crippen molar-refractivity contribution in [1.82, 2.24) is 0 Å². The second-order valence-electron chi connectivity index (χ2n) is 14.4. The molecule has 2 aliphatic rings. The van der Waals surface area contributed by atoms with Gasteiger partial charge >= 0.3 is 0 Å². The predicted molar refractivity (Wildman–Crippen MR) is 207 cm³/mol. The Bertz CT molecular complexity index is 2250. The van der Waals surface area contributed by atoms with Crippen LogP contribution in [-0.4, -0.2) is 25.9 Å². The molecule has 4 aromatic carbocycles. The molecule has 0 atom stereocenters. The van der Waals surface area contributed by atoms with Crippen molar-refractivity contribution in [3.63, 3.8) is 0 Å². The Morgan fingerprint density at radius 3 is 1.41 bits per heavy atom. The van der Waals surface area contributed by atoms with E-state index in [4.69, 9.17) is 0 Å². The fraction of sp³-hybridized carbons (Fsp3) is 0.318. The van der Waals surface area contributed by atoms with Crippen molar-refractivity contribution in [2.45, 2.75) is 78.1 Å². The molecule has 2 amide bonds. The lowest BCUT2D eigenvalue weighted by atomic mass is 9.77. The third-order valence-corrected chi connectivity index (χ3v) is 13.5. The average Bonchev–Trinajstić information content (AvgIpc) is 3.81. The molecule has 0 spiro atoms. The topological polar surface area (TPSA) is 40.6 Å². The first-order valence-electron chi connectivity index (χ1n) is 17.7. The molecule has 5 heteroatoms. The largest absolute Gasteiger partial charge is 0.310 e. The minimum absolute atomic E-state index is 0.00635. The van der Waals surface area contributed by atoms with Gasteiger partial charge in [0.2, 0.25) is 0 Å². The molecule has 1 aromatic heterocycles. The van der Waals surface area contributed by atoms with Gasteiger partial charge in [-0.15, -0.1) is 11.3 Å². The van der Waals surface area contributed by atoms with Crippen LogP contribution in [0.2, 0.25) is 0 Å². The van der Waals surface area contributed by atoms with Crippen molar-refractivity contribution in [1.29, 1.82) is 0 Å². The highest BCUT2D eigenvalue weighted by atomic mass is 32.1. The molecule has 250 valence electrons. The Balaban J connectivity index is 1.31. The number of benzene rings is 4. The molecule has 5 aromatic rings. The van der Waals surface area contributed by atoms with Gasteiger partial charge in [-0.1, -0.05) is 114 Å². The first-order chi connectivity index (χ1) is 23.5. The third-order valence-electron chi connectivity index (χ3n) is 12.0. The van der Waals surface area contributed by atoms with Crippen LogP contribution >= 0.6 is 11.3 Å². The molecular weight excluding hydrogens is 621 g/mol. The molecule has 0 fully saturated rings. The third kappa shape index (κ3) is 5.00. The Kier molecular flexibility index (Phi) is 8.18. The number of hydrogen-bond donors (Lipinski definition) is 0. The minimum atomic E-state index is -0.0150. The van der Waals surface area contributed by atoms with Gasteiger partial charge < -0.3 is 9.80 Å². The summed E-state index contributed by atoms with van der Waals surface area (Å²) < 4.78 is 0. The maximum absolute atomic E-state index is 13.9. The number of carbonyl (C=O) groups is 2. The Morgan fingerprint density at radius 2 is 0.959 bits per heavy atom. The zero-order valence-corrected chi connectivity index (χ0v) is 30.8. The SMILES string of the molecule is CCC(C)(CC)c1ccc(C2=c3ccc4c5c(ccc4c3N(C)C2=O)=C(c2ccc(-c3ccc(C(C)(CC)CC)s3)cc2)C(=O)N5C)cc1. The van der Waals surface area contributed by atoms with Crippen molar-refractivity contribution < 1.29 is 9.59 Å². The zero-order valence-electron chi connectivity index (χ0n) is 30.0. The van der Waals surface area contributed by atoms with Crippen LogP contribution in [0, 0.1) is 0 Å². The lowest BCUT2D eigenvalue weighted by Gasteiger charge is -2.27. The summed E-state index contributed by atoms with van der Waals surface area (Å²) in [6.07, 6.45) is 4.36. The van der Waals surface area contributed by atoms with Crippen molar-refractivity contribution >= 4 is 56.4 Å². The first-order valence-corrected chi connectivity index (χ1v) is 18.5. The van der Waals surface area contributed by atoms with Crippen LogP contribution in [0.3, 0.4) is 0 Å². The van der Waals surface area contributed by atoms with Crippen LogP contribution in [0.15, 0.2) is 84.9 Å². The van der Waals surface area contributed by atoms with E-state index in [2.05, 4.69) is 126 Å². The van der Waals surface area contributed by atoms with E-state index in [-0.39, 0.29) is 22.6 Å². The molecule has 0 aliphatic carbocycles. The van der Waals surface area contributed by atoms with E-state index in [1.54, 1.807) is 9.80 Å². The molecule has 3 heterocycles. The summed E-state index contributed by atoms with van der Waals surface area (Å²) in [7, 11) is 3.71. The van der Waals surface area contributed by atoms with Gasteiger partial charge in [0.1, 0.15) is 0 Å². The van der Waals surface area contributed by atoms with Crippen molar-refractivity contribution in [2.75, 3.05) is 23.9 Å². The maximum Gasteiger partial charge on any atom is 0.259 e. The highest BCUT2D eigenvalue weighted by molar-refractivity contribution is 7.15. The lowest BCUT2D eigenvalue weighted by Crippen LogP contribution is -2.24. The Labute approximate surface area is 294 Å². The molecule has 4 nitrogen and oxygen atoms in total. The standard InChI is InChI=1S/C44H46N2O2S/c1-9-43(5,10-2)30-19-17-29(18-20-30)38-34-24-22-31-32(40(34)46(8)42(38)48)21-23-33-37(41(47)45(7)39(31)33)28-15-13-27(14-16-28)35-25-26-36(49-35)44(6,11-3)12-4/h13-26H,9-12H2,1-8H3.